The zero-order chi connectivity index (χ0) is 18.6. The van der Waals surface area contributed by atoms with Crippen LogP contribution in [-0.4, -0.2) is 26.9 Å². The molecule has 1 unspecified atom stereocenters. The Kier molecular flexibility index (Phi) is 5.81. The normalized spacial score (nSPS) is 11.8. The second kappa shape index (κ2) is 7.84. The molecule has 0 aliphatic carbocycles. The van der Waals surface area contributed by atoms with Gasteiger partial charge in [0.25, 0.3) is 5.69 Å². The molecule has 0 spiro atoms. The summed E-state index contributed by atoms with van der Waals surface area (Å²) >= 11 is 1.04. The van der Waals surface area contributed by atoms with Gasteiger partial charge in [0.15, 0.2) is 0 Å². The second-order valence-corrected chi connectivity index (χ2v) is 6.52. The smallest absolute Gasteiger partial charge is 0.347 e. The summed E-state index contributed by atoms with van der Waals surface area (Å²) in [6.45, 7) is 3.34. The van der Waals surface area contributed by atoms with Gasteiger partial charge in [-0.1, -0.05) is 12.1 Å². The summed E-state index contributed by atoms with van der Waals surface area (Å²) in [7, 11) is 0. The molecular formula is C16H17N3O5S. The molecular weight excluding hydrogens is 346 g/mol. The van der Waals surface area contributed by atoms with E-state index >= 15 is 0 Å². The van der Waals surface area contributed by atoms with Crippen molar-refractivity contribution in [2.75, 3.05) is 0 Å². The van der Waals surface area contributed by atoms with Gasteiger partial charge in [0, 0.05) is 18.6 Å². The summed E-state index contributed by atoms with van der Waals surface area (Å²) in [5.74, 6) is -1.27. The van der Waals surface area contributed by atoms with Crippen LogP contribution < -0.4 is 5.32 Å². The zero-order valence-electron chi connectivity index (χ0n) is 13.7. The molecule has 0 radical (unpaired) electrons. The van der Waals surface area contributed by atoms with Gasteiger partial charge in [-0.15, -0.1) is 11.3 Å². The van der Waals surface area contributed by atoms with E-state index in [1.807, 2.05) is 0 Å². The first-order valence-electron chi connectivity index (χ1n) is 7.51. The lowest BCUT2D eigenvalue weighted by atomic mass is 10.1. The van der Waals surface area contributed by atoms with Gasteiger partial charge >= 0.3 is 5.97 Å². The molecule has 132 valence electrons. The van der Waals surface area contributed by atoms with Crippen LogP contribution in [0.3, 0.4) is 0 Å². The highest BCUT2D eigenvalue weighted by Crippen LogP contribution is 2.23. The van der Waals surface area contributed by atoms with Crippen LogP contribution in [0.2, 0.25) is 0 Å². The highest BCUT2D eigenvalue weighted by Gasteiger charge is 2.19. The number of amides is 1. The van der Waals surface area contributed by atoms with Crippen LogP contribution in [0, 0.1) is 17.0 Å². The Morgan fingerprint density at radius 2 is 2.16 bits per heavy atom. The molecule has 25 heavy (non-hydrogen) atoms. The fraction of sp³-hybridized carbons (Fsp3) is 0.312. The van der Waals surface area contributed by atoms with E-state index in [0.717, 1.165) is 11.3 Å². The first-order valence-corrected chi connectivity index (χ1v) is 8.33. The zero-order valence-corrected chi connectivity index (χ0v) is 14.5. The Bertz CT molecular complexity index is 818. The molecule has 0 aliphatic rings. The summed E-state index contributed by atoms with van der Waals surface area (Å²) in [4.78, 5) is 37.7. The minimum atomic E-state index is -1.04. The number of nitro benzene ring substituents is 1. The molecule has 0 fully saturated rings. The minimum Gasteiger partial charge on any atom is -0.477 e. The van der Waals surface area contributed by atoms with Crippen LogP contribution in [0.25, 0.3) is 0 Å². The van der Waals surface area contributed by atoms with Crippen LogP contribution >= 0.6 is 11.3 Å². The SMILES string of the molecule is Cc1nc(C(C)NC(=O)CCc2cccc([N+](=O)[O-])c2)sc1C(=O)O. The summed E-state index contributed by atoms with van der Waals surface area (Å²) in [5.41, 5.74) is 1.12. The average Bonchev–Trinajstić information content (AvgIpc) is 2.95. The number of aromatic carboxylic acids is 1. The number of rotatable bonds is 7. The highest BCUT2D eigenvalue weighted by atomic mass is 32.1. The van der Waals surface area contributed by atoms with Gasteiger partial charge in [-0.3, -0.25) is 14.9 Å². The second-order valence-electron chi connectivity index (χ2n) is 5.49. The average molecular weight is 363 g/mol. The van der Waals surface area contributed by atoms with Crippen molar-refractivity contribution in [2.24, 2.45) is 0 Å². The van der Waals surface area contributed by atoms with Gasteiger partial charge in [0.05, 0.1) is 16.7 Å². The summed E-state index contributed by atoms with van der Waals surface area (Å²) in [5, 5.41) is 23.1. The molecule has 0 saturated heterocycles. The number of benzene rings is 1. The minimum absolute atomic E-state index is 0.00858. The predicted molar refractivity (Wildman–Crippen MR) is 91.8 cm³/mol. The number of carboxylic acid groups (broad SMARTS) is 1. The van der Waals surface area contributed by atoms with Gasteiger partial charge in [-0.25, -0.2) is 9.78 Å². The molecule has 8 nitrogen and oxygen atoms in total. The van der Waals surface area contributed by atoms with E-state index in [1.165, 1.54) is 12.1 Å². The van der Waals surface area contributed by atoms with Crippen molar-refractivity contribution in [3.63, 3.8) is 0 Å². The maximum absolute atomic E-state index is 12.1. The molecule has 0 bridgehead atoms. The van der Waals surface area contributed by atoms with Crippen LogP contribution in [-0.2, 0) is 11.2 Å². The van der Waals surface area contributed by atoms with E-state index in [9.17, 15) is 19.7 Å². The van der Waals surface area contributed by atoms with Gasteiger partial charge in [-0.05, 0) is 25.8 Å². The molecule has 0 saturated carbocycles. The van der Waals surface area contributed by atoms with E-state index < -0.39 is 16.9 Å². The van der Waals surface area contributed by atoms with Crippen molar-refractivity contribution in [1.29, 1.82) is 0 Å². The van der Waals surface area contributed by atoms with Gasteiger partial charge in [0.1, 0.15) is 9.88 Å². The Morgan fingerprint density at radius 1 is 1.44 bits per heavy atom. The maximum Gasteiger partial charge on any atom is 0.347 e. The Hall–Kier alpha value is -2.81. The van der Waals surface area contributed by atoms with Crippen LogP contribution in [0.5, 0.6) is 0 Å². The summed E-state index contributed by atoms with van der Waals surface area (Å²) in [6, 6.07) is 5.75. The molecule has 1 aromatic heterocycles. The summed E-state index contributed by atoms with van der Waals surface area (Å²) in [6.07, 6.45) is 0.541. The molecule has 1 atom stereocenters. The molecule has 2 aromatic rings. The standard InChI is InChI=1S/C16H17N3O5S/c1-9-14(16(21)22)25-15(18-9)10(2)17-13(20)7-6-11-4-3-5-12(8-11)19(23)24/h3-5,8,10H,6-7H2,1-2H3,(H,17,20)(H,21,22). The van der Waals surface area contributed by atoms with Crippen LogP contribution in [0.15, 0.2) is 24.3 Å². The third-order valence-electron chi connectivity index (χ3n) is 3.52. The van der Waals surface area contributed by atoms with E-state index in [0.29, 0.717) is 22.7 Å². The third kappa shape index (κ3) is 4.83. The van der Waals surface area contributed by atoms with E-state index in [2.05, 4.69) is 10.3 Å². The number of hydrogen-bond acceptors (Lipinski definition) is 6. The molecule has 1 amide bonds. The lowest BCUT2D eigenvalue weighted by Gasteiger charge is -2.11. The molecule has 2 N–H and O–H groups in total. The Morgan fingerprint density at radius 3 is 2.76 bits per heavy atom. The number of carbonyl (C=O) groups is 2. The number of nitrogens with zero attached hydrogens (tertiary/aromatic N) is 2. The molecule has 2 rings (SSSR count). The van der Waals surface area contributed by atoms with Crippen molar-refractivity contribution in [3.8, 4) is 0 Å². The predicted octanol–water partition coefficient (Wildman–Crippen LogP) is 2.87. The molecule has 1 heterocycles. The largest absolute Gasteiger partial charge is 0.477 e. The van der Waals surface area contributed by atoms with E-state index in [-0.39, 0.29) is 22.9 Å². The number of thiazole rings is 1. The maximum atomic E-state index is 12.1. The van der Waals surface area contributed by atoms with E-state index in [1.54, 1.807) is 26.0 Å². The lowest BCUT2D eigenvalue weighted by molar-refractivity contribution is -0.384. The number of aromatic nitrogens is 1. The van der Waals surface area contributed by atoms with Crippen LogP contribution in [0.1, 0.15) is 45.3 Å². The summed E-state index contributed by atoms with van der Waals surface area (Å²) < 4.78 is 0. The fourth-order valence-corrected chi connectivity index (χ4v) is 3.17. The van der Waals surface area contributed by atoms with Crippen molar-refractivity contribution in [3.05, 3.63) is 55.5 Å². The number of non-ortho nitro benzene ring substituents is 1. The molecule has 1 aromatic carbocycles. The monoisotopic (exact) mass is 363 g/mol. The van der Waals surface area contributed by atoms with Crippen molar-refractivity contribution < 1.29 is 19.6 Å². The molecule has 0 aliphatic heterocycles. The number of nitrogens with one attached hydrogen (secondary N) is 1. The number of carboxylic acids is 1. The Balaban J connectivity index is 1.93. The first-order chi connectivity index (χ1) is 11.8. The topological polar surface area (TPSA) is 122 Å². The van der Waals surface area contributed by atoms with Crippen molar-refractivity contribution >= 4 is 28.9 Å². The Labute approximate surface area is 147 Å². The van der Waals surface area contributed by atoms with E-state index in [4.69, 9.17) is 5.11 Å². The van der Waals surface area contributed by atoms with Crippen molar-refractivity contribution in [1.82, 2.24) is 10.3 Å². The van der Waals surface area contributed by atoms with Gasteiger partial charge in [0.2, 0.25) is 5.91 Å². The van der Waals surface area contributed by atoms with Crippen LogP contribution in [0.4, 0.5) is 5.69 Å². The number of carbonyl (C=O) groups excluding carboxylic acids is 1. The fourth-order valence-electron chi connectivity index (χ4n) is 2.26. The third-order valence-corrected chi connectivity index (χ3v) is 4.85. The van der Waals surface area contributed by atoms with Crippen molar-refractivity contribution in [2.45, 2.75) is 32.7 Å². The number of nitro groups is 1. The quantitative estimate of drug-likeness (QED) is 0.576. The van der Waals surface area contributed by atoms with Gasteiger partial charge in [-0.2, -0.15) is 0 Å². The first kappa shape index (κ1) is 18.5. The van der Waals surface area contributed by atoms with Gasteiger partial charge < -0.3 is 10.4 Å². The number of aryl methyl sites for hydroxylation is 2. The highest BCUT2D eigenvalue weighted by molar-refractivity contribution is 7.13. The molecule has 9 heteroatoms. The number of hydrogen-bond donors (Lipinski definition) is 2. The lowest BCUT2D eigenvalue weighted by Crippen LogP contribution is -2.26.